The SMILES string of the molecule is CC(C)CCCC/C(=C/N=N)PCCC(C)C. The molecule has 0 heterocycles. The monoisotopic (exact) mass is 256 g/mol. The lowest BCUT2D eigenvalue weighted by Gasteiger charge is -2.09. The van der Waals surface area contributed by atoms with E-state index in [1.54, 1.807) is 6.20 Å². The zero-order valence-corrected chi connectivity index (χ0v) is 12.9. The molecule has 0 radical (unpaired) electrons. The highest BCUT2D eigenvalue weighted by molar-refractivity contribution is 7.43. The molecule has 0 aliphatic heterocycles. The van der Waals surface area contributed by atoms with Gasteiger partial charge >= 0.3 is 0 Å². The minimum absolute atomic E-state index is 0.789. The van der Waals surface area contributed by atoms with Crippen molar-refractivity contribution >= 4 is 8.58 Å². The maximum Gasteiger partial charge on any atom is 0.0522 e. The number of nitrogens with one attached hydrogen (secondary N) is 1. The molecule has 0 spiro atoms. The van der Waals surface area contributed by atoms with E-state index in [-0.39, 0.29) is 0 Å². The van der Waals surface area contributed by atoms with E-state index in [1.807, 2.05) is 0 Å². The summed E-state index contributed by atoms with van der Waals surface area (Å²) in [6.45, 7) is 9.09. The standard InChI is InChI=1S/C14H29N2P/c1-12(2)7-5-6-8-14(11-16-15)17-10-9-13(3)4/h11-13,15,17H,5-10H2,1-4H3/b14-11-,16-15?. The molecule has 0 bridgehead atoms. The molecule has 0 aromatic carbocycles. The summed E-state index contributed by atoms with van der Waals surface area (Å²) in [7, 11) is 0.876. The Kier molecular flexibility index (Phi) is 10.7. The van der Waals surface area contributed by atoms with Crippen LogP contribution in [0.3, 0.4) is 0 Å². The van der Waals surface area contributed by atoms with Gasteiger partial charge in [-0.25, -0.2) is 5.53 Å². The van der Waals surface area contributed by atoms with E-state index in [9.17, 15) is 0 Å². The Morgan fingerprint density at radius 3 is 2.29 bits per heavy atom. The maximum atomic E-state index is 6.95. The highest BCUT2D eigenvalue weighted by atomic mass is 31.1. The van der Waals surface area contributed by atoms with Crippen molar-refractivity contribution in [1.29, 1.82) is 5.53 Å². The summed E-state index contributed by atoms with van der Waals surface area (Å²) < 4.78 is 0. The van der Waals surface area contributed by atoms with Crippen LogP contribution in [0.5, 0.6) is 0 Å². The molecular weight excluding hydrogens is 227 g/mol. The predicted molar refractivity (Wildman–Crippen MR) is 79.2 cm³/mol. The van der Waals surface area contributed by atoms with Gasteiger partial charge in [0.1, 0.15) is 0 Å². The van der Waals surface area contributed by atoms with E-state index in [1.165, 1.54) is 37.2 Å². The largest absolute Gasteiger partial charge is 0.205 e. The van der Waals surface area contributed by atoms with Crippen LogP contribution in [0.25, 0.3) is 0 Å². The van der Waals surface area contributed by atoms with Crippen LogP contribution in [0.15, 0.2) is 16.6 Å². The lowest BCUT2D eigenvalue weighted by Crippen LogP contribution is -1.90. The maximum absolute atomic E-state index is 6.95. The quantitative estimate of drug-likeness (QED) is 0.291. The van der Waals surface area contributed by atoms with Gasteiger partial charge in [-0.3, -0.25) is 0 Å². The van der Waals surface area contributed by atoms with Crippen LogP contribution >= 0.6 is 8.58 Å². The summed E-state index contributed by atoms with van der Waals surface area (Å²) in [5.74, 6) is 1.60. The van der Waals surface area contributed by atoms with Gasteiger partial charge in [-0.1, -0.05) is 49.1 Å². The molecule has 0 aromatic heterocycles. The molecule has 100 valence electrons. The van der Waals surface area contributed by atoms with Gasteiger partial charge < -0.3 is 0 Å². The van der Waals surface area contributed by atoms with Gasteiger partial charge in [0.2, 0.25) is 0 Å². The zero-order chi connectivity index (χ0) is 13.1. The van der Waals surface area contributed by atoms with E-state index in [0.717, 1.165) is 26.8 Å². The van der Waals surface area contributed by atoms with Crippen molar-refractivity contribution in [3.8, 4) is 0 Å². The summed E-state index contributed by atoms with van der Waals surface area (Å²) in [5.41, 5.74) is 6.95. The second-order valence-corrected chi connectivity index (χ2v) is 7.03. The number of nitrogens with zero attached hydrogens (tertiary/aromatic N) is 1. The molecule has 0 rings (SSSR count). The lowest BCUT2D eigenvalue weighted by molar-refractivity contribution is 0.539. The van der Waals surface area contributed by atoms with Crippen molar-refractivity contribution in [2.24, 2.45) is 17.0 Å². The first-order valence-electron chi connectivity index (χ1n) is 6.85. The van der Waals surface area contributed by atoms with Crippen LogP contribution in [0.2, 0.25) is 0 Å². The number of allylic oxidation sites excluding steroid dienone is 1. The molecule has 3 heteroatoms. The minimum Gasteiger partial charge on any atom is -0.205 e. The third kappa shape index (κ3) is 12.0. The Balaban J connectivity index is 3.75. The fourth-order valence-electron chi connectivity index (χ4n) is 1.67. The molecule has 0 aliphatic carbocycles. The van der Waals surface area contributed by atoms with Crippen molar-refractivity contribution in [3.63, 3.8) is 0 Å². The molecular formula is C14H29N2P. The highest BCUT2D eigenvalue weighted by Crippen LogP contribution is 2.30. The van der Waals surface area contributed by atoms with Gasteiger partial charge in [0.15, 0.2) is 0 Å². The minimum atomic E-state index is 0.789. The van der Waals surface area contributed by atoms with Crippen molar-refractivity contribution in [2.75, 3.05) is 6.16 Å². The topological polar surface area (TPSA) is 36.2 Å². The second kappa shape index (κ2) is 10.9. The highest BCUT2D eigenvalue weighted by Gasteiger charge is 2.01. The van der Waals surface area contributed by atoms with Gasteiger partial charge in [0, 0.05) is 0 Å². The van der Waals surface area contributed by atoms with E-state index in [2.05, 4.69) is 32.8 Å². The smallest absolute Gasteiger partial charge is 0.0522 e. The summed E-state index contributed by atoms with van der Waals surface area (Å²) in [6, 6.07) is 0. The van der Waals surface area contributed by atoms with Gasteiger partial charge in [-0.05, 0) is 42.6 Å². The van der Waals surface area contributed by atoms with Crippen molar-refractivity contribution in [2.45, 2.75) is 59.8 Å². The van der Waals surface area contributed by atoms with Crippen molar-refractivity contribution < 1.29 is 0 Å². The Bertz CT molecular complexity index is 222. The second-order valence-electron chi connectivity index (χ2n) is 5.53. The summed E-state index contributed by atoms with van der Waals surface area (Å²) in [6.07, 6.45) is 9.36. The molecule has 0 aliphatic rings. The average Bonchev–Trinajstić information content (AvgIpc) is 2.23. The van der Waals surface area contributed by atoms with Crippen LogP contribution in [0.1, 0.15) is 59.8 Å². The van der Waals surface area contributed by atoms with Crippen LogP contribution in [0, 0.1) is 17.4 Å². The van der Waals surface area contributed by atoms with E-state index in [0.29, 0.717) is 0 Å². The normalized spacial score (nSPS) is 13.2. The van der Waals surface area contributed by atoms with Gasteiger partial charge in [-0.2, -0.15) is 5.11 Å². The molecule has 0 saturated heterocycles. The van der Waals surface area contributed by atoms with Crippen LogP contribution < -0.4 is 0 Å². The summed E-state index contributed by atoms with van der Waals surface area (Å²) in [5, 5.41) is 4.84. The van der Waals surface area contributed by atoms with Crippen LogP contribution in [0.4, 0.5) is 0 Å². The lowest BCUT2D eigenvalue weighted by atomic mass is 10.1. The first kappa shape index (κ1) is 16.8. The molecule has 1 N–H and O–H groups in total. The van der Waals surface area contributed by atoms with Crippen LogP contribution in [-0.2, 0) is 0 Å². The molecule has 1 atom stereocenters. The molecule has 0 amide bonds. The third-order valence-electron chi connectivity index (χ3n) is 2.77. The Morgan fingerprint density at radius 1 is 1.12 bits per heavy atom. The Labute approximate surface area is 109 Å². The fraction of sp³-hybridized carbons (Fsp3) is 0.857. The first-order chi connectivity index (χ1) is 8.06. The van der Waals surface area contributed by atoms with E-state index < -0.39 is 0 Å². The number of unbranched alkanes of at least 4 members (excludes halogenated alkanes) is 1. The number of rotatable bonds is 10. The van der Waals surface area contributed by atoms with E-state index in [4.69, 9.17) is 5.53 Å². The fourth-order valence-corrected chi connectivity index (χ4v) is 3.22. The van der Waals surface area contributed by atoms with E-state index >= 15 is 0 Å². The number of hydrogen-bond donors (Lipinski definition) is 1. The van der Waals surface area contributed by atoms with Gasteiger partial charge in [-0.15, -0.1) is 0 Å². The van der Waals surface area contributed by atoms with Crippen molar-refractivity contribution in [1.82, 2.24) is 0 Å². The molecule has 2 nitrogen and oxygen atoms in total. The summed E-state index contributed by atoms with van der Waals surface area (Å²) >= 11 is 0. The molecule has 0 fully saturated rings. The predicted octanol–water partition coefficient (Wildman–Crippen LogP) is 5.80. The van der Waals surface area contributed by atoms with Crippen molar-refractivity contribution in [3.05, 3.63) is 11.5 Å². The molecule has 17 heavy (non-hydrogen) atoms. The molecule has 0 aromatic rings. The summed E-state index contributed by atoms with van der Waals surface area (Å²) in [4.78, 5) is 0. The average molecular weight is 256 g/mol. The first-order valence-corrected chi connectivity index (χ1v) is 8.06. The number of hydrogen-bond acceptors (Lipinski definition) is 2. The Hall–Kier alpha value is -0.230. The zero-order valence-electron chi connectivity index (χ0n) is 11.9. The van der Waals surface area contributed by atoms with Crippen LogP contribution in [-0.4, -0.2) is 6.16 Å². The third-order valence-corrected chi connectivity index (χ3v) is 4.14. The molecule has 0 saturated carbocycles. The van der Waals surface area contributed by atoms with Gasteiger partial charge in [0.05, 0.1) is 6.20 Å². The molecule has 1 unspecified atom stereocenters. The Morgan fingerprint density at radius 2 is 1.76 bits per heavy atom. The van der Waals surface area contributed by atoms with Gasteiger partial charge in [0.25, 0.3) is 0 Å².